The molecule has 2 aliphatic heterocycles. The highest BCUT2D eigenvalue weighted by Gasteiger charge is 2.34. The van der Waals surface area contributed by atoms with Crippen LogP contribution in [0.4, 0.5) is 10.5 Å². The van der Waals surface area contributed by atoms with Gasteiger partial charge in [0, 0.05) is 30.4 Å². The number of amides is 2. The van der Waals surface area contributed by atoms with E-state index in [9.17, 15) is 13.2 Å². The molecule has 8 heteroatoms. The summed E-state index contributed by atoms with van der Waals surface area (Å²) in [6.07, 6.45) is 1.43. The molecule has 2 heterocycles. The number of piperidine rings is 1. The van der Waals surface area contributed by atoms with Crippen molar-refractivity contribution in [1.82, 2.24) is 10.2 Å². The lowest BCUT2D eigenvalue weighted by Gasteiger charge is -2.33. The summed E-state index contributed by atoms with van der Waals surface area (Å²) in [5.74, 6) is 0.515. The van der Waals surface area contributed by atoms with Gasteiger partial charge >= 0.3 is 6.03 Å². The summed E-state index contributed by atoms with van der Waals surface area (Å²) in [5, 5.41) is 5.82. The van der Waals surface area contributed by atoms with E-state index in [1.807, 2.05) is 60.4 Å². The molecule has 0 aromatic heterocycles. The summed E-state index contributed by atoms with van der Waals surface area (Å²) >= 11 is 0. The lowest BCUT2D eigenvalue weighted by Crippen LogP contribution is -2.47. The van der Waals surface area contributed by atoms with Crippen LogP contribution in [0.1, 0.15) is 25.3 Å². The predicted octanol–water partition coefficient (Wildman–Crippen LogP) is 3.45. The van der Waals surface area contributed by atoms with E-state index in [-0.39, 0.29) is 17.0 Å². The number of sulfonamides is 1. The second-order valence-corrected chi connectivity index (χ2v) is 8.98. The number of benzene rings is 2. The Balaban J connectivity index is 1.39. The summed E-state index contributed by atoms with van der Waals surface area (Å²) in [6.45, 7) is 3.07. The van der Waals surface area contributed by atoms with Crippen molar-refractivity contribution in [3.8, 4) is 0 Å². The van der Waals surface area contributed by atoms with E-state index < -0.39 is 10.0 Å². The average molecular weight is 425 g/mol. The monoisotopic (exact) mass is 424 g/mol. The molecule has 1 fully saturated rings. The third-order valence-electron chi connectivity index (χ3n) is 5.34. The maximum Gasteiger partial charge on any atom is 0.319 e. The van der Waals surface area contributed by atoms with Gasteiger partial charge < -0.3 is 15.5 Å². The highest BCUT2D eigenvalue weighted by Crippen LogP contribution is 2.34. The summed E-state index contributed by atoms with van der Waals surface area (Å²) in [5.41, 5.74) is 2.07. The van der Waals surface area contributed by atoms with Gasteiger partial charge in [-0.1, -0.05) is 48.5 Å². The molecule has 2 aromatic carbocycles. The van der Waals surface area contributed by atoms with Gasteiger partial charge in [0.15, 0.2) is 0 Å². The van der Waals surface area contributed by atoms with Gasteiger partial charge in [0.25, 0.3) is 10.0 Å². The van der Waals surface area contributed by atoms with Crippen LogP contribution in [-0.4, -0.2) is 44.3 Å². The second-order valence-electron chi connectivity index (χ2n) is 7.44. The molecule has 0 saturated carbocycles. The van der Waals surface area contributed by atoms with E-state index >= 15 is 0 Å². The number of hydrogen-bond donors (Lipinski definition) is 2. The minimum Gasteiger partial charge on any atom is -0.356 e. The third-order valence-corrected chi connectivity index (χ3v) is 6.81. The van der Waals surface area contributed by atoms with Crippen molar-refractivity contribution in [2.24, 2.45) is 4.40 Å². The highest BCUT2D eigenvalue weighted by atomic mass is 32.2. The van der Waals surface area contributed by atoms with Crippen molar-refractivity contribution in [3.05, 3.63) is 71.8 Å². The van der Waals surface area contributed by atoms with Crippen molar-refractivity contribution >= 4 is 32.5 Å². The smallest absolute Gasteiger partial charge is 0.319 e. The molecule has 0 aliphatic carbocycles. The predicted molar refractivity (Wildman–Crippen MR) is 119 cm³/mol. The average Bonchev–Trinajstić information content (AvgIpc) is 2.98. The van der Waals surface area contributed by atoms with Crippen molar-refractivity contribution in [2.75, 3.05) is 18.4 Å². The molecule has 2 aliphatic rings. The van der Waals surface area contributed by atoms with E-state index in [0.717, 1.165) is 18.5 Å². The van der Waals surface area contributed by atoms with Crippen molar-refractivity contribution in [3.63, 3.8) is 0 Å². The minimum absolute atomic E-state index is 0.0291. The van der Waals surface area contributed by atoms with Crippen molar-refractivity contribution in [2.45, 2.75) is 25.8 Å². The van der Waals surface area contributed by atoms with Crippen LogP contribution >= 0.6 is 0 Å². The number of carbonyl (C=O) groups excluding carboxylic acids is 1. The van der Waals surface area contributed by atoms with Crippen LogP contribution in [0, 0.1) is 0 Å². The number of amidine groups is 1. The van der Waals surface area contributed by atoms with Crippen LogP contribution in [0.5, 0.6) is 0 Å². The Kier molecular flexibility index (Phi) is 5.59. The fourth-order valence-electron chi connectivity index (χ4n) is 3.88. The highest BCUT2D eigenvalue weighted by molar-refractivity contribution is 8.00. The Hall–Kier alpha value is -3.13. The molecular weight excluding hydrogens is 400 g/mol. The third kappa shape index (κ3) is 4.23. The number of carbonyl (C=O) groups is 1. The molecule has 0 unspecified atom stereocenters. The number of nitrogens with zero attached hydrogens (tertiary/aromatic N) is 2. The summed E-state index contributed by atoms with van der Waals surface area (Å²) < 4.78 is 29.4. The van der Waals surface area contributed by atoms with Gasteiger partial charge in [-0.3, -0.25) is 0 Å². The lowest BCUT2D eigenvalue weighted by molar-refractivity contribution is 0.237. The quantitative estimate of drug-likeness (QED) is 0.790. The number of nitrogens with one attached hydrogen (secondary N) is 2. The minimum atomic E-state index is -3.71. The first kappa shape index (κ1) is 20.2. The summed E-state index contributed by atoms with van der Waals surface area (Å²) in [6, 6.07) is 18.2. The fraction of sp³-hybridized carbons (Fsp3) is 0.273. The largest absolute Gasteiger partial charge is 0.356 e. The molecule has 156 valence electrons. The molecule has 1 saturated heterocycles. The molecule has 2 aromatic rings. The zero-order chi connectivity index (χ0) is 21.1. The zero-order valence-electron chi connectivity index (χ0n) is 16.7. The van der Waals surface area contributed by atoms with E-state index in [0.29, 0.717) is 30.1 Å². The van der Waals surface area contributed by atoms with E-state index in [4.69, 9.17) is 0 Å². The lowest BCUT2D eigenvalue weighted by atomic mass is 10.0. The Morgan fingerprint density at radius 1 is 1.00 bits per heavy atom. The number of rotatable bonds is 3. The van der Waals surface area contributed by atoms with Gasteiger partial charge in [-0.25, -0.2) is 4.79 Å². The van der Waals surface area contributed by atoms with E-state index in [2.05, 4.69) is 15.0 Å². The molecular formula is C22H24N4O3S. The number of urea groups is 1. The van der Waals surface area contributed by atoms with Crippen molar-refractivity contribution in [1.29, 1.82) is 0 Å². The maximum absolute atomic E-state index is 12.7. The SMILES string of the molecule is CC1=C(c2ccccc2)S(=O)(=O)N=C1N1CCC(NC(=O)Nc2ccccc2)CC1. The Morgan fingerprint density at radius 3 is 2.23 bits per heavy atom. The molecule has 0 radical (unpaired) electrons. The zero-order valence-corrected chi connectivity index (χ0v) is 17.5. The van der Waals surface area contributed by atoms with Gasteiger partial charge in [0.1, 0.15) is 10.7 Å². The standard InChI is InChI=1S/C22H24N4O3S/c1-16-20(17-8-4-2-5-9-17)30(28,29)25-21(16)26-14-12-19(13-15-26)24-22(27)23-18-10-6-3-7-11-18/h2-11,19H,12-15H2,1H3,(H2,23,24,27). The molecule has 0 atom stereocenters. The molecule has 30 heavy (non-hydrogen) atoms. The Bertz CT molecular complexity index is 1090. The van der Waals surface area contributed by atoms with Crippen molar-refractivity contribution < 1.29 is 13.2 Å². The van der Waals surface area contributed by atoms with Gasteiger partial charge in [-0.2, -0.15) is 8.42 Å². The van der Waals surface area contributed by atoms with Gasteiger partial charge in [-0.05, 0) is 37.5 Å². The van der Waals surface area contributed by atoms with Gasteiger partial charge in [0.05, 0.1) is 0 Å². The summed E-state index contributed by atoms with van der Waals surface area (Å²) in [7, 11) is -3.71. The van der Waals surface area contributed by atoms with E-state index in [1.54, 1.807) is 12.1 Å². The number of hydrogen-bond acceptors (Lipinski definition) is 4. The van der Waals surface area contributed by atoms with Crippen LogP contribution in [0.2, 0.25) is 0 Å². The van der Waals surface area contributed by atoms with E-state index in [1.165, 1.54) is 0 Å². The van der Waals surface area contributed by atoms with Gasteiger partial charge in [0.2, 0.25) is 0 Å². The number of likely N-dealkylation sites (tertiary alicyclic amines) is 1. The molecule has 2 N–H and O–H groups in total. The normalized spacial score (nSPS) is 18.8. The van der Waals surface area contributed by atoms with Crippen LogP contribution in [0.15, 0.2) is 70.6 Å². The summed E-state index contributed by atoms with van der Waals surface area (Å²) in [4.78, 5) is 14.5. The molecule has 2 amide bonds. The fourth-order valence-corrected chi connectivity index (χ4v) is 5.37. The van der Waals surface area contributed by atoms with Crippen LogP contribution in [-0.2, 0) is 10.0 Å². The molecule has 0 bridgehead atoms. The number of para-hydroxylation sites is 1. The first-order valence-electron chi connectivity index (χ1n) is 9.93. The first-order valence-corrected chi connectivity index (χ1v) is 11.4. The second kappa shape index (κ2) is 8.31. The topological polar surface area (TPSA) is 90.9 Å². The maximum atomic E-state index is 12.7. The molecule has 4 rings (SSSR count). The Labute approximate surface area is 176 Å². The van der Waals surface area contributed by atoms with Gasteiger partial charge in [-0.15, -0.1) is 4.40 Å². The molecule has 0 spiro atoms. The Morgan fingerprint density at radius 2 is 1.60 bits per heavy atom. The van der Waals surface area contributed by atoms with Crippen LogP contribution < -0.4 is 10.6 Å². The first-order chi connectivity index (χ1) is 14.4. The molecule has 7 nitrogen and oxygen atoms in total. The van der Waals surface area contributed by atoms with Crippen LogP contribution in [0.25, 0.3) is 4.91 Å². The van der Waals surface area contributed by atoms with Crippen LogP contribution in [0.3, 0.4) is 0 Å². The number of anilines is 1.